The van der Waals surface area contributed by atoms with E-state index in [0.717, 1.165) is 0 Å². The predicted molar refractivity (Wildman–Crippen MR) is 91.1 cm³/mol. The van der Waals surface area contributed by atoms with Gasteiger partial charge < -0.3 is 19.4 Å². The number of carbonyl (C=O) groups is 1. The molecular formula is C17H13ClN3O4-. The molecule has 0 aromatic heterocycles. The van der Waals surface area contributed by atoms with Gasteiger partial charge in [-0.25, -0.2) is 0 Å². The highest BCUT2D eigenvalue weighted by atomic mass is 35.5. The molecule has 0 atom stereocenters. The highest BCUT2D eigenvalue weighted by Crippen LogP contribution is 2.27. The Kier molecular flexibility index (Phi) is 6.20. The van der Waals surface area contributed by atoms with Crippen molar-refractivity contribution in [2.24, 2.45) is 5.10 Å². The topological polar surface area (TPSA) is 107 Å². The van der Waals surface area contributed by atoms with Crippen LogP contribution in [0.2, 0.25) is 5.02 Å². The van der Waals surface area contributed by atoms with Crippen LogP contribution in [0.5, 0.6) is 11.5 Å². The minimum atomic E-state index is -1.30. The summed E-state index contributed by atoms with van der Waals surface area (Å²) < 4.78 is 10.4. The van der Waals surface area contributed by atoms with E-state index in [2.05, 4.69) is 10.5 Å². The predicted octanol–water partition coefficient (Wildman–Crippen LogP) is 2.06. The molecule has 0 spiro atoms. The lowest BCUT2D eigenvalue weighted by Gasteiger charge is -2.09. The van der Waals surface area contributed by atoms with Crippen molar-refractivity contribution in [2.45, 2.75) is 0 Å². The number of carboxylic acids is 1. The number of anilines is 1. The van der Waals surface area contributed by atoms with Gasteiger partial charge in [0.05, 0.1) is 30.0 Å². The standard InChI is InChI=1S/C17H14ClN3O4/c1-24-16-8-11(2-5-15(16)25-7-6-19)10-20-21-14-9-12(17(22)23)3-4-13(14)18/h2-5,8-10,21H,7H2,1H3,(H,22,23)/p-1/b20-10-. The van der Waals surface area contributed by atoms with E-state index in [-0.39, 0.29) is 12.2 Å². The molecule has 8 heteroatoms. The first-order chi connectivity index (χ1) is 12.0. The van der Waals surface area contributed by atoms with Crippen LogP contribution >= 0.6 is 11.6 Å². The highest BCUT2D eigenvalue weighted by Gasteiger charge is 2.05. The zero-order valence-electron chi connectivity index (χ0n) is 13.2. The Balaban J connectivity index is 2.13. The average Bonchev–Trinajstić information content (AvgIpc) is 2.61. The normalized spacial score (nSPS) is 10.3. The summed E-state index contributed by atoms with van der Waals surface area (Å²) in [7, 11) is 1.49. The fourth-order valence-electron chi connectivity index (χ4n) is 1.91. The SMILES string of the molecule is COc1cc(/C=N\Nc2cc(C(=O)[O-])ccc2Cl)ccc1OCC#N. The second kappa shape index (κ2) is 8.57. The smallest absolute Gasteiger partial charge is 0.174 e. The molecule has 7 nitrogen and oxygen atoms in total. The van der Waals surface area contributed by atoms with E-state index in [9.17, 15) is 9.90 Å². The van der Waals surface area contributed by atoms with Crippen molar-refractivity contribution in [1.82, 2.24) is 0 Å². The van der Waals surface area contributed by atoms with Crippen LogP contribution in [0.1, 0.15) is 15.9 Å². The molecule has 0 aliphatic carbocycles. The minimum Gasteiger partial charge on any atom is -0.545 e. The number of hydrogen-bond donors (Lipinski definition) is 1. The summed E-state index contributed by atoms with van der Waals surface area (Å²) in [6.07, 6.45) is 1.50. The van der Waals surface area contributed by atoms with Gasteiger partial charge in [0.2, 0.25) is 0 Å². The second-order valence-electron chi connectivity index (χ2n) is 4.71. The number of rotatable bonds is 7. The number of carboxylic acid groups (broad SMARTS) is 1. The van der Waals surface area contributed by atoms with Crippen molar-refractivity contribution in [3.05, 3.63) is 52.5 Å². The third-order valence-corrected chi connectivity index (χ3v) is 3.41. The minimum absolute atomic E-state index is 0.0113. The molecule has 0 aliphatic heterocycles. The van der Waals surface area contributed by atoms with E-state index in [1.807, 2.05) is 6.07 Å². The lowest BCUT2D eigenvalue weighted by Crippen LogP contribution is -2.22. The van der Waals surface area contributed by atoms with Gasteiger partial charge in [-0.3, -0.25) is 5.43 Å². The summed E-state index contributed by atoms with van der Waals surface area (Å²) in [5, 5.41) is 23.8. The van der Waals surface area contributed by atoms with Crippen molar-refractivity contribution in [3.8, 4) is 17.6 Å². The van der Waals surface area contributed by atoms with Gasteiger partial charge in [-0.1, -0.05) is 17.7 Å². The molecule has 2 aromatic carbocycles. The van der Waals surface area contributed by atoms with Crippen molar-refractivity contribution in [2.75, 3.05) is 19.1 Å². The molecule has 0 aliphatic rings. The van der Waals surface area contributed by atoms with Crippen LogP contribution in [-0.4, -0.2) is 25.9 Å². The Morgan fingerprint density at radius 2 is 2.16 bits per heavy atom. The van der Waals surface area contributed by atoms with Crippen molar-refractivity contribution in [1.29, 1.82) is 5.26 Å². The van der Waals surface area contributed by atoms with Gasteiger partial charge in [0.25, 0.3) is 0 Å². The van der Waals surface area contributed by atoms with E-state index in [1.54, 1.807) is 18.2 Å². The number of nitrogens with one attached hydrogen (secondary N) is 1. The third kappa shape index (κ3) is 4.86. The maximum atomic E-state index is 10.9. The molecule has 0 amide bonds. The van der Waals surface area contributed by atoms with Crippen LogP contribution in [0.25, 0.3) is 0 Å². The molecule has 0 saturated heterocycles. The van der Waals surface area contributed by atoms with E-state index >= 15 is 0 Å². The highest BCUT2D eigenvalue weighted by molar-refractivity contribution is 6.33. The first kappa shape index (κ1) is 18.1. The van der Waals surface area contributed by atoms with Gasteiger partial charge >= 0.3 is 0 Å². The van der Waals surface area contributed by atoms with Gasteiger partial charge in [-0.15, -0.1) is 0 Å². The van der Waals surface area contributed by atoms with Gasteiger partial charge in [0.15, 0.2) is 18.1 Å². The Morgan fingerprint density at radius 1 is 1.36 bits per heavy atom. The largest absolute Gasteiger partial charge is 0.545 e. The molecule has 25 heavy (non-hydrogen) atoms. The molecular weight excluding hydrogens is 346 g/mol. The van der Waals surface area contributed by atoms with Crippen LogP contribution in [-0.2, 0) is 0 Å². The fourth-order valence-corrected chi connectivity index (χ4v) is 2.07. The number of aromatic carboxylic acids is 1. The monoisotopic (exact) mass is 358 g/mol. The molecule has 2 rings (SSSR count). The van der Waals surface area contributed by atoms with Gasteiger partial charge in [-0.05, 0) is 41.5 Å². The van der Waals surface area contributed by atoms with E-state index in [4.69, 9.17) is 26.3 Å². The van der Waals surface area contributed by atoms with Crippen LogP contribution in [0.15, 0.2) is 41.5 Å². The molecule has 0 bridgehead atoms. The maximum absolute atomic E-state index is 10.9. The summed E-state index contributed by atoms with van der Waals surface area (Å²) in [4.78, 5) is 10.9. The van der Waals surface area contributed by atoms with Crippen molar-refractivity contribution < 1.29 is 19.4 Å². The molecule has 0 radical (unpaired) electrons. The van der Waals surface area contributed by atoms with Crippen molar-refractivity contribution in [3.63, 3.8) is 0 Å². The second-order valence-corrected chi connectivity index (χ2v) is 5.12. The van der Waals surface area contributed by atoms with Gasteiger partial charge in [0.1, 0.15) is 6.07 Å². The lowest BCUT2D eigenvalue weighted by atomic mass is 10.2. The summed E-state index contributed by atoms with van der Waals surface area (Å²) >= 11 is 5.99. The Morgan fingerprint density at radius 3 is 2.84 bits per heavy atom. The summed E-state index contributed by atoms with van der Waals surface area (Å²) in [5.74, 6) is -0.406. The molecule has 0 heterocycles. The van der Waals surface area contributed by atoms with Crippen LogP contribution in [0.3, 0.4) is 0 Å². The molecule has 2 aromatic rings. The Bertz CT molecular complexity index is 846. The van der Waals surface area contributed by atoms with Crippen LogP contribution in [0, 0.1) is 11.3 Å². The van der Waals surface area contributed by atoms with Crippen molar-refractivity contribution >= 4 is 29.5 Å². The number of methoxy groups -OCH3 is 1. The summed E-state index contributed by atoms with van der Waals surface area (Å²) in [5.41, 5.74) is 3.69. The third-order valence-electron chi connectivity index (χ3n) is 3.08. The Hall–Kier alpha value is -3.24. The summed E-state index contributed by atoms with van der Waals surface area (Å²) in [6, 6.07) is 11.0. The molecule has 128 valence electrons. The number of hydrazone groups is 1. The molecule has 0 unspecified atom stereocenters. The fraction of sp³-hybridized carbons (Fsp3) is 0.118. The number of ether oxygens (including phenoxy) is 2. The zero-order valence-corrected chi connectivity index (χ0v) is 13.9. The van der Waals surface area contributed by atoms with Gasteiger partial charge in [0, 0.05) is 0 Å². The first-order valence-electron chi connectivity index (χ1n) is 7.03. The quantitative estimate of drug-likeness (QED) is 0.599. The summed E-state index contributed by atoms with van der Waals surface area (Å²) in [6.45, 7) is -0.0847. The van der Waals surface area contributed by atoms with E-state index in [1.165, 1.54) is 31.5 Å². The number of halogens is 1. The van der Waals surface area contributed by atoms with Gasteiger partial charge in [-0.2, -0.15) is 10.4 Å². The van der Waals surface area contributed by atoms with Crippen LogP contribution < -0.4 is 20.0 Å². The van der Waals surface area contributed by atoms with Crippen LogP contribution in [0.4, 0.5) is 5.69 Å². The Labute approximate surface area is 149 Å². The maximum Gasteiger partial charge on any atom is 0.174 e. The average molecular weight is 359 g/mol. The molecule has 0 saturated carbocycles. The number of benzene rings is 2. The van der Waals surface area contributed by atoms with E-state index < -0.39 is 5.97 Å². The number of nitrogens with zero attached hydrogens (tertiary/aromatic N) is 2. The number of hydrogen-bond acceptors (Lipinski definition) is 7. The lowest BCUT2D eigenvalue weighted by molar-refractivity contribution is -0.255. The number of nitriles is 1. The first-order valence-corrected chi connectivity index (χ1v) is 7.40. The zero-order chi connectivity index (χ0) is 18.2. The van der Waals surface area contributed by atoms with E-state index in [0.29, 0.717) is 27.8 Å². The molecule has 1 N–H and O–H groups in total. The molecule has 0 fully saturated rings. The number of carbonyl (C=O) groups excluding carboxylic acids is 1.